The Bertz CT molecular complexity index is 1610. The van der Waals surface area contributed by atoms with Crippen molar-refractivity contribution < 1.29 is 19.1 Å². The maximum Gasteiger partial charge on any atom is 0.407 e. The number of nitrogens with zero attached hydrogens (tertiary/aromatic N) is 3. The van der Waals surface area contributed by atoms with Gasteiger partial charge in [-0.15, -0.1) is 0 Å². The highest BCUT2D eigenvalue weighted by Crippen LogP contribution is 2.32. The van der Waals surface area contributed by atoms with Crippen LogP contribution in [0.15, 0.2) is 72.8 Å². The topological polar surface area (TPSA) is 85.7 Å². The lowest BCUT2D eigenvalue weighted by atomic mass is 9.95. The Morgan fingerprint density at radius 3 is 2.48 bits per heavy atom. The number of ether oxygens (including phenoxy) is 2. The molecular weight excluding hydrogens is 600 g/mol. The minimum absolute atomic E-state index is 0.00624. The highest BCUT2D eigenvalue weighted by Gasteiger charge is 2.31. The molecule has 9 heteroatoms. The van der Waals surface area contributed by atoms with Crippen molar-refractivity contribution in [2.24, 2.45) is 0 Å². The zero-order valence-electron chi connectivity index (χ0n) is 27.3. The second-order valence-corrected chi connectivity index (χ2v) is 13.5. The Kier molecular flexibility index (Phi) is 11.0. The lowest BCUT2D eigenvalue weighted by Crippen LogP contribution is -2.46. The van der Waals surface area contributed by atoms with Crippen molar-refractivity contribution in [2.75, 3.05) is 26.8 Å². The van der Waals surface area contributed by atoms with Gasteiger partial charge < -0.3 is 24.3 Å². The Hall–Kier alpha value is -3.88. The van der Waals surface area contributed by atoms with Crippen LogP contribution in [0, 0.1) is 0 Å². The first kappa shape index (κ1) is 33.5. The molecule has 0 unspecified atom stereocenters. The van der Waals surface area contributed by atoms with E-state index in [4.69, 9.17) is 26.1 Å². The monoisotopic (exact) mass is 644 g/mol. The molecule has 2 amide bonds. The fourth-order valence-electron chi connectivity index (χ4n) is 6.20. The molecule has 0 saturated carbocycles. The number of aromatic nitrogens is 2. The number of hydrogen-bond donors (Lipinski definition) is 1. The number of rotatable bonds is 11. The third-order valence-corrected chi connectivity index (χ3v) is 8.62. The molecule has 1 aliphatic rings. The van der Waals surface area contributed by atoms with Crippen molar-refractivity contribution in [1.82, 2.24) is 19.8 Å². The van der Waals surface area contributed by atoms with Gasteiger partial charge >= 0.3 is 6.09 Å². The summed E-state index contributed by atoms with van der Waals surface area (Å²) >= 11 is 6.56. The Balaban J connectivity index is 1.32. The molecule has 4 aromatic rings. The number of fused-ring (bicyclic) bond motifs is 1. The van der Waals surface area contributed by atoms with E-state index in [0.29, 0.717) is 31.1 Å². The van der Waals surface area contributed by atoms with Crippen LogP contribution in [-0.4, -0.2) is 64.9 Å². The first-order valence-corrected chi connectivity index (χ1v) is 16.5. The minimum atomic E-state index is -0.645. The van der Waals surface area contributed by atoms with E-state index < -0.39 is 17.7 Å². The van der Waals surface area contributed by atoms with E-state index in [0.717, 1.165) is 59.4 Å². The van der Waals surface area contributed by atoms with Crippen LogP contribution in [0.1, 0.15) is 63.8 Å². The summed E-state index contributed by atoms with van der Waals surface area (Å²) in [5.74, 6) is 1.04. The highest BCUT2D eigenvalue weighted by molar-refractivity contribution is 6.34. The normalized spacial score (nSPS) is 15.9. The molecule has 244 valence electrons. The van der Waals surface area contributed by atoms with Gasteiger partial charge in [-0.3, -0.25) is 4.79 Å². The van der Waals surface area contributed by atoms with Gasteiger partial charge in [0, 0.05) is 51.7 Å². The lowest BCUT2D eigenvalue weighted by Gasteiger charge is -2.34. The van der Waals surface area contributed by atoms with E-state index in [-0.39, 0.29) is 18.2 Å². The predicted molar refractivity (Wildman–Crippen MR) is 183 cm³/mol. The summed E-state index contributed by atoms with van der Waals surface area (Å²) in [7, 11) is 1.71. The van der Waals surface area contributed by atoms with Crippen molar-refractivity contribution in [1.29, 1.82) is 0 Å². The maximum absolute atomic E-state index is 13.9. The Morgan fingerprint density at radius 2 is 1.76 bits per heavy atom. The third kappa shape index (κ3) is 8.68. The quantitative estimate of drug-likeness (QED) is 0.170. The molecule has 1 N–H and O–H groups in total. The summed E-state index contributed by atoms with van der Waals surface area (Å²) in [5.41, 5.74) is 4.44. The molecule has 0 spiro atoms. The van der Waals surface area contributed by atoms with Crippen LogP contribution in [-0.2, 0) is 27.2 Å². The average Bonchev–Trinajstić information content (AvgIpc) is 3.41. The first-order valence-electron chi connectivity index (χ1n) is 16.2. The van der Waals surface area contributed by atoms with E-state index in [1.54, 1.807) is 7.11 Å². The number of likely N-dealkylation sites (tertiary alicyclic amines) is 1. The number of piperidine rings is 1. The molecule has 1 fully saturated rings. The van der Waals surface area contributed by atoms with E-state index >= 15 is 0 Å². The number of hydrogen-bond acceptors (Lipinski definition) is 5. The number of carbonyl (C=O) groups is 2. The molecule has 0 radical (unpaired) electrons. The molecule has 0 bridgehead atoms. The summed E-state index contributed by atoms with van der Waals surface area (Å²) in [6.07, 6.45) is 2.80. The van der Waals surface area contributed by atoms with Gasteiger partial charge in [0.1, 0.15) is 16.9 Å². The molecule has 3 aromatic carbocycles. The number of aryl methyl sites for hydroxylation is 1. The SMILES string of the molecule is COCCCn1c([C@@H]2CCCN(C(=O)C[C@@H](Cc3ccc(-c4ccccc4)cc3)NC(=O)OC(C)(C)C)C2)nc2c(Cl)cccc21. The largest absolute Gasteiger partial charge is 0.444 e. The van der Waals surface area contributed by atoms with Crippen molar-refractivity contribution in [3.63, 3.8) is 0 Å². The molecule has 5 rings (SSSR count). The number of imidazole rings is 1. The van der Waals surface area contributed by atoms with Gasteiger partial charge in [0.05, 0.1) is 10.5 Å². The second-order valence-electron chi connectivity index (χ2n) is 13.1. The van der Waals surface area contributed by atoms with Crippen molar-refractivity contribution in [2.45, 2.75) is 77.0 Å². The molecule has 8 nitrogen and oxygen atoms in total. The summed E-state index contributed by atoms with van der Waals surface area (Å²) in [6.45, 7) is 8.14. The van der Waals surface area contributed by atoms with Crippen LogP contribution < -0.4 is 5.32 Å². The van der Waals surface area contributed by atoms with E-state index in [1.807, 2.05) is 56.0 Å². The van der Waals surface area contributed by atoms with Crippen LogP contribution >= 0.6 is 11.6 Å². The van der Waals surface area contributed by atoms with Gasteiger partial charge in [0.15, 0.2) is 0 Å². The number of benzene rings is 3. The summed E-state index contributed by atoms with van der Waals surface area (Å²) in [5, 5.41) is 3.62. The number of halogens is 1. The van der Waals surface area contributed by atoms with Crippen LogP contribution in [0.2, 0.25) is 5.02 Å². The number of alkyl carbamates (subject to hydrolysis) is 1. The first-order chi connectivity index (χ1) is 22.1. The van der Waals surface area contributed by atoms with Gasteiger partial charge in [-0.2, -0.15) is 0 Å². The van der Waals surface area contributed by atoms with Crippen LogP contribution in [0.4, 0.5) is 4.79 Å². The summed E-state index contributed by atoms with van der Waals surface area (Å²) in [6, 6.07) is 23.9. The van der Waals surface area contributed by atoms with Gasteiger partial charge in [-0.05, 0) is 75.3 Å². The molecule has 1 aliphatic heterocycles. The van der Waals surface area contributed by atoms with Crippen LogP contribution in [0.3, 0.4) is 0 Å². The number of carbonyl (C=O) groups excluding carboxylic acids is 2. The number of para-hydroxylation sites is 1. The summed E-state index contributed by atoms with van der Waals surface area (Å²) < 4.78 is 13.1. The van der Waals surface area contributed by atoms with Crippen molar-refractivity contribution >= 4 is 34.6 Å². The second kappa shape index (κ2) is 15.1. The lowest BCUT2D eigenvalue weighted by molar-refractivity contribution is -0.132. The molecular formula is C37H45ClN4O4. The smallest absolute Gasteiger partial charge is 0.407 e. The van der Waals surface area contributed by atoms with Crippen molar-refractivity contribution in [3.05, 3.63) is 89.2 Å². The van der Waals surface area contributed by atoms with Gasteiger partial charge in [0.2, 0.25) is 5.91 Å². The van der Waals surface area contributed by atoms with E-state index in [1.165, 1.54) is 0 Å². The van der Waals surface area contributed by atoms with Gasteiger partial charge in [-0.25, -0.2) is 9.78 Å². The maximum atomic E-state index is 13.9. The number of methoxy groups -OCH3 is 1. The van der Waals surface area contributed by atoms with Crippen molar-refractivity contribution in [3.8, 4) is 11.1 Å². The van der Waals surface area contributed by atoms with E-state index in [9.17, 15) is 9.59 Å². The molecule has 1 aromatic heterocycles. The molecule has 0 aliphatic carbocycles. The fraction of sp³-hybridized carbons (Fsp3) is 0.432. The predicted octanol–water partition coefficient (Wildman–Crippen LogP) is 7.63. The van der Waals surface area contributed by atoms with Gasteiger partial charge in [-0.1, -0.05) is 72.3 Å². The molecule has 2 heterocycles. The number of nitrogens with one attached hydrogen (secondary N) is 1. The van der Waals surface area contributed by atoms with Gasteiger partial charge in [0.25, 0.3) is 0 Å². The van der Waals surface area contributed by atoms with Crippen LogP contribution in [0.5, 0.6) is 0 Å². The average molecular weight is 645 g/mol. The van der Waals surface area contributed by atoms with Crippen LogP contribution in [0.25, 0.3) is 22.2 Å². The summed E-state index contributed by atoms with van der Waals surface area (Å²) in [4.78, 5) is 33.7. The molecule has 1 saturated heterocycles. The zero-order chi connectivity index (χ0) is 32.7. The number of amides is 2. The fourth-order valence-corrected chi connectivity index (χ4v) is 6.41. The standard InChI is InChI=1S/C37H45ClN4O4/c1-37(2,3)46-36(44)39-30(23-26-16-18-28(19-17-26)27-11-6-5-7-12-27)24-33(43)41-20-9-13-29(25-41)35-40-34-31(38)14-8-15-32(34)42(35)21-10-22-45-4/h5-8,11-12,14-19,29-30H,9-10,13,20-25H2,1-4H3,(H,39,44)/t29-,30-/m1/s1. The Labute approximate surface area is 277 Å². The molecule has 2 atom stereocenters. The highest BCUT2D eigenvalue weighted by atomic mass is 35.5. The molecule has 46 heavy (non-hydrogen) atoms. The third-order valence-electron chi connectivity index (χ3n) is 8.31. The minimum Gasteiger partial charge on any atom is -0.444 e. The zero-order valence-corrected chi connectivity index (χ0v) is 28.1. The van der Waals surface area contributed by atoms with E-state index in [2.05, 4.69) is 52.3 Å². The Morgan fingerprint density at radius 1 is 1.02 bits per heavy atom.